The number of carbonyl (C=O) groups excluding carboxylic acids is 3. The molecule has 9 heteroatoms. The van der Waals surface area contributed by atoms with Crippen LogP contribution in [0.5, 0.6) is 0 Å². The highest BCUT2D eigenvalue weighted by atomic mass is 16.5. The van der Waals surface area contributed by atoms with E-state index in [1.165, 1.54) is 24.5 Å². The second-order valence-electron chi connectivity index (χ2n) is 5.19. The molecule has 132 valence electrons. The van der Waals surface area contributed by atoms with Gasteiger partial charge in [0.2, 0.25) is 5.91 Å². The number of hydroxylamine groups is 1. The summed E-state index contributed by atoms with van der Waals surface area (Å²) in [5.41, 5.74) is 7.46. The van der Waals surface area contributed by atoms with E-state index >= 15 is 0 Å². The Morgan fingerprint density at radius 3 is 2.33 bits per heavy atom. The Hall–Kier alpha value is -2.49. The van der Waals surface area contributed by atoms with Gasteiger partial charge < -0.3 is 21.5 Å². The zero-order chi connectivity index (χ0) is 18.1. The van der Waals surface area contributed by atoms with Crippen LogP contribution in [0, 0.1) is 0 Å². The molecule has 0 saturated carbocycles. The van der Waals surface area contributed by atoms with Crippen molar-refractivity contribution in [1.82, 2.24) is 10.8 Å². The molecule has 0 radical (unpaired) electrons. The van der Waals surface area contributed by atoms with Crippen LogP contribution >= 0.6 is 0 Å². The second-order valence-corrected chi connectivity index (χ2v) is 5.19. The van der Waals surface area contributed by atoms with Crippen LogP contribution in [0.3, 0.4) is 0 Å². The van der Waals surface area contributed by atoms with Crippen molar-refractivity contribution in [1.29, 1.82) is 0 Å². The smallest absolute Gasteiger partial charge is 0.268 e. The third kappa shape index (κ3) is 5.95. The maximum atomic E-state index is 12.1. The molecule has 7 N–H and O–H groups in total. The summed E-state index contributed by atoms with van der Waals surface area (Å²) in [5.74, 6) is -1.71. The number of anilines is 1. The topological polar surface area (TPSA) is 154 Å². The molecule has 24 heavy (non-hydrogen) atoms. The normalized spacial score (nSPS) is 12.8. The summed E-state index contributed by atoms with van der Waals surface area (Å²) in [7, 11) is 0. The van der Waals surface area contributed by atoms with E-state index in [0.717, 1.165) is 0 Å². The van der Waals surface area contributed by atoms with Crippen molar-refractivity contribution in [2.24, 2.45) is 5.73 Å². The van der Waals surface area contributed by atoms with Crippen molar-refractivity contribution < 1.29 is 24.7 Å². The summed E-state index contributed by atoms with van der Waals surface area (Å²) in [6.07, 6.45) is -0.298. The first-order chi connectivity index (χ1) is 11.4. The fourth-order valence-electron chi connectivity index (χ4n) is 1.89. The molecular formula is C15H22N4O5. The number of aliphatic hydroxyl groups is 1. The van der Waals surface area contributed by atoms with Crippen LogP contribution in [0.1, 0.15) is 30.1 Å². The first kappa shape index (κ1) is 19.6. The molecule has 0 aliphatic heterocycles. The van der Waals surface area contributed by atoms with Crippen LogP contribution in [0.4, 0.5) is 5.69 Å². The number of hydrogen-bond donors (Lipinski definition) is 6. The van der Waals surface area contributed by atoms with Crippen molar-refractivity contribution >= 4 is 23.4 Å². The molecule has 0 aromatic heterocycles. The Balaban J connectivity index is 2.69. The lowest BCUT2D eigenvalue weighted by atomic mass is 10.1. The molecular weight excluding hydrogens is 316 g/mol. The Morgan fingerprint density at radius 1 is 1.21 bits per heavy atom. The van der Waals surface area contributed by atoms with E-state index < -0.39 is 24.0 Å². The number of carbonyl (C=O) groups is 3. The van der Waals surface area contributed by atoms with Crippen LogP contribution < -0.4 is 21.8 Å². The highest BCUT2D eigenvalue weighted by molar-refractivity contribution is 5.98. The van der Waals surface area contributed by atoms with Crippen LogP contribution in [0.2, 0.25) is 0 Å². The summed E-state index contributed by atoms with van der Waals surface area (Å²) in [6, 6.07) is 4.71. The van der Waals surface area contributed by atoms with Crippen LogP contribution in [0.25, 0.3) is 0 Å². The van der Waals surface area contributed by atoms with Crippen molar-refractivity contribution in [3.05, 3.63) is 29.8 Å². The van der Waals surface area contributed by atoms with Gasteiger partial charge in [-0.1, -0.05) is 0 Å². The molecule has 2 unspecified atom stereocenters. The summed E-state index contributed by atoms with van der Waals surface area (Å²) in [5, 5.41) is 23.1. The highest BCUT2D eigenvalue weighted by Gasteiger charge is 2.25. The number of nitrogens with one attached hydrogen (secondary N) is 3. The largest absolute Gasteiger partial charge is 0.391 e. The van der Waals surface area contributed by atoms with Gasteiger partial charge in [0, 0.05) is 17.7 Å². The van der Waals surface area contributed by atoms with Gasteiger partial charge in [0.05, 0.1) is 6.10 Å². The van der Waals surface area contributed by atoms with E-state index in [4.69, 9.17) is 10.9 Å². The SMILES string of the molecule is CC(O)C(NC(=O)c1ccc(NC(=O)CCCN)cc1)C(=O)NO. The van der Waals surface area contributed by atoms with Crippen molar-refractivity contribution in [2.45, 2.75) is 31.9 Å². The van der Waals surface area contributed by atoms with E-state index in [-0.39, 0.29) is 11.5 Å². The summed E-state index contributed by atoms with van der Waals surface area (Å²) in [6.45, 7) is 1.73. The van der Waals surface area contributed by atoms with Gasteiger partial charge in [0.15, 0.2) is 0 Å². The first-order valence-electron chi connectivity index (χ1n) is 7.42. The molecule has 2 atom stereocenters. The minimum atomic E-state index is -1.29. The molecule has 0 fully saturated rings. The zero-order valence-electron chi connectivity index (χ0n) is 13.3. The monoisotopic (exact) mass is 338 g/mol. The van der Waals surface area contributed by atoms with Crippen LogP contribution in [-0.4, -0.2) is 46.7 Å². The molecule has 9 nitrogen and oxygen atoms in total. The van der Waals surface area contributed by atoms with E-state index in [1.807, 2.05) is 0 Å². The van der Waals surface area contributed by atoms with E-state index in [9.17, 15) is 19.5 Å². The number of hydrogen-bond acceptors (Lipinski definition) is 6. The standard InChI is InChI=1S/C15H22N4O5/c1-9(20)13(15(23)19-24)18-14(22)10-4-6-11(7-5-10)17-12(21)3-2-8-16/h4-7,9,13,20,24H,2-3,8,16H2,1H3,(H,17,21)(H,18,22)(H,19,23). The predicted molar refractivity (Wildman–Crippen MR) is 86.2 cm³/mol. The maximum Gasteiger partial charge on any atom is 0.268 e. The fourth-order valence-corrected chi connectivity index (χ4v) is 1.89. The third-order valence-electron chi connectivity index (χ3n) is 3.20. The second kappa shape index (κ2) is 9.60. The molecule has 0 aliphatic carbocycles. The highest BCUT2D eigenvalue weighted by Crippen LogP contribution is 2.11. The molecule has 0 aliphatic rings. The van der Waals surface area contributed by atoms with E-state index in [2.05, 4.69) is 10.6 Å². The molecule has 3 amide bonds. The fraction of sp³-hybridized carbons (Fsp3) is 0.400. The summed E-state index contributed by atoms with van der Waals surface area (Å²) >= 11 is 0. The van der Waals surface area contributed by atoms with E-state index in [1.54, 1.807) is 12.1 Å². The minimum Gasteiger partial charge on any atom is -0.391 e. The van der Waals surface area contributed by atoms with Gasteiger partial charge in [-0.2, -0.15) is 0 Å². The molecule has 1 rings (SSSR count). The van der Waals surface area contributed by atoms with Crippen LogP contribution in [-0.2, 0) is 9.59 Å². The van der Waals surface area contributed by atoms with E-state index in [0.29, 0.717) is 25.1 Å². The van der Waals surface area contributed by atoms with Gasteiger partial charge in [-0.05, 0) is 44.2 Å². The van der Waals surface area contributed by atoms with Crippen molar-refractivity contribution in [3.8, 4) is 0 Å². The average molecular weight is 338 g/mol. The summed E-state index contributed by atoms with van der Waals surface area (Å²) in [4.78, 5) is 35.0. The molecule has 0 saturated heterocycles. The molecule has 0 heterocycles. The Morgan fingerprint density at radius 2 is 1.83 bits per heavy atom. The van der Waals surface area contributed by atoms with Gasteiger partial charge in [-0.15, -0.1) is 0 Å². The zero-order valence-corrected chi connectivity index (χ0v) is 13.3. The first-order valence-corrected chi connectivity index (χ1v) is 7.42. The Labute approximate surface area is 139 Å². The number of amides is 3. The van der Waals surface area contributed by atoms with Gasteiger partial charge in [-0.3, -0.25) is 19.6 Å². The van der Waals surface area contributed by atoms with Gasteiger partial charge in [-0.25, -0.2) is 5.48 Å². The quantitative estimate of drug-likeness (QED) is 0.273. The lowest BCUT2D eigenvalue weighted by molar-refractivity contribution is -0.133. The van der Waals surface area contributed by atoms with Gasteiger partial charge in [0.25, 0.3) is 11.8 Å². The maximum absolute atomic E-state index is 12.1. The number of nitrogens with two attached hydrogens (primary N) is 1. The van der Waals surface area contributed by atoms with Crippen molar-refractivity contribution in [2.75, 3.05) is 11.9 Å². The van der Waals surface area contributed by atoms with Gasteiger partial charge in [0.1, 0.15) is 6.04 Å². The van der Waals surface area contributed by atoms with Crippen LogP contribution in [0.15, 0.2) is 24.3 Å². The number of rotatable bonds is 8. The molecule has 0 spiro atoms. The lowest BCUT2D eigenvalue weighted by Gasteiger charge is -2.19. The Bertz CT molecular complexity index is 574. The number of benzene rings is 1. The molecule has 1 aromatic carbocycles. The third-order valence-corrected chi connectivity index (χ3v) is 3.20. The summed E-state index contributed by atoms with van der Waals surface area (Å²) < 4.78 is 0. The predicted octanol–water partition coefficient (Wildman–Crippen LogP) is -0.651. The Kier molecular flexibility index (Phi) is 7.83. The number of aliphatic hydroxyl groups excluding tert-OH is 1. The molecule has 0 bridgehead atoms. The molecule has 1 aromatic rings. The average Bonchev–Trinajstić information content (AvgIpc) is 2.57. The lowest BCUT2D eigenvalue weighted by Crippen LogP contribution is -2.51. The van der Waals surface area contributed by atoms with Gasteiger partial charge >= 0.3 is 0 Å². The van der Waals surface area contributed by atoms with Crippen molar-refractivity contribution in [3.63, 3.8) is 0 Å². The minimum absolute atomic E-state index is 0.175.